The largest absolute Gasteiger partial charge is 0.420 e. The zero-order chi connectivity index (χ0) is 21.9. The number of nitrogens with zero attached hydrogens (tertiary/aromatic N) is 3. The molecule has 0 spiro atoms. The van der Waals surface area contributed by atoms with E-state index in [2.05, 4.69) is 15.3 Å². The minimum atomic E-state index is -0.191. The van der Waals surface area contributed by atoms with Crippen molar-refractivity contribution < 1.29 is 4.74 Å². The van der Waals surface area contributed by atoms with Gasteiger partial charge in [0.2, 0.25) is 11.8 Å². The number of benzene rings is 2. The molecule has 2 aromatic carbocycles. The van der Waals surface area contributed by atoms with Gasteiger partial charge in [0.1, 0.15) is 11.2 Å². The van der Waals surface area contributed by atoms with Gasteiger partial charge < -0.3 is 10.1 Å². The Labute approximate surface area is 184 Å². The van der Waals surface area contributed by atoms with Crippen molar-refractivity contribution in [2.24, 2.45) is 0 Å². The number of anilines is 2. The van der Waals surface area contributed by atoms with Gasteiger partial charge in [-0.1, -0.05) is 42.5 Å². The van der Waals surface area contributed by atoms with E-state index in [9.17, 15) is 4.79 Å². The van der Waals surface area contributed by atoms with Crippen LogP contribution in [0.5, 0.6) is 11.8 Å². The SMILES string of the molecule is Cc1cc2c(c(Oc3ccccn3)n1)c(=O)cc(Nc1ccccc1)n2-c1ccccc1. The van der Waals surface area contributed by atoms with E-state index in [1.165, 1.54) is 0 Å². The third-order valence-electron chi connectivity index (χ3n) is 4.99. The number of fused-ring (bicyclic) bond motifs is 1. The van der Waals surface area contributed by atoms with Gasteiger partial charge in [0.25, 0.3) is 0 Å². The van der Waals surface area contributed by atoms with Crippen molar-refractivity contribution in [1.82, 2.24) is 14.5 Å². The predicted octanol–water partition coefficient (Wildman–Crippen LogP) is 5.63. The molecule has 1 N–H and O–H groups in total. The van der Waals surface area contributed by atoms with Gasteiger partial charge in [0, 0.05) is 35.4 Å². The minimum Gasteiger partial charge on any atom is -0.420 e. The minimum absolute atomic E-state index is 0.191. The number of hydrogen-bond acceptors (Lipinski definition) is 5. The van der Waals surface area contributed by atoms with E-state index in [1.807, 2.05) is 84.3 Å². The molecule has 0 bridgehead atoms. The molecule has 0 aliphatic carbocycles. The molecule has 5 aromatic rings. The summed E-state index contributed by atoms with van der Waals surface area (Å²) in [4.78, 5) is 22.0. The lowest BCUT2D eigenvalue weighted by molar-refractivity contribution is 0.449. The van der Waals surface area contributed by atoms with Crippen LogP contribution >= 0.6 is 0 Å². The van der Waals surface area contributed by atoms with Crippen molar-refractivity contribution in [3.63, 3.8) is 0 Å². The molecule has 6 nitrogen and oxygen atoms in total. The Bertz CT molecular complexity index is 1430. The van der Waals surface area contributed by atoms with Gasteiger partial charge in [-0.2, -0.15) is 0 Å². The second-order valence-corrected chi connectivity index (χ2v) is 7.29. The molecule has 156 valence electrons. The molecule has 0 atom stereocenters. The number of nitrogens with one attached hydrogen (secondary N) is 1. The quantitative estimate of drug-likeness (QED) is 0.399. The summed E-state index contributed by atoms with van der Waals surface area (Å²) in [5.74, 6) is 1.26. The predicted molar refractivity (Wildman–Crippen MR) is 126 cm³/mol. The maximum atomic E-state index is 13.3. The maximum Gasteiger partial charge on any atom is 0.234 e. The maximum absolute atomic E-state index is 13.3. The van der Waals surface area contributed by atoms with E-state index in [4.69, 9.17) is 4.74 Å². The standard InChI is InChI=1S/C26H20N4O2/c1-18-16-21-25(26(28-18)32-24-14-8-9-15-27-24)22(31)17-23(29-19-10-4-2-5-11-19)30(21)20-12-6-3-7-13-20/h2-17,29H,1H3. The van der Waals surface area contributed by atoms with E-state index in [-0.39, 0.29) is 11.3 Å². The number of para-hydroxylation sites is 2. The van der Waals surface area contributed by atoms with E-state index >= 15 is 0 Å². The summed E-state index contributed by atoms with van der Waals surface area (Å²) < 4.78 is 7.95. The van der Waals surface area contributed by atoms with Crippen molar-refractivity contribution in [2.45, 2.75) is 6.92 Å². The molecule has 3 heterocycles. The zero-order valence-corrected chi connectivity index (χ0v) is 17.4. The van der Waals surface area contributed by atoms with Crippen LogP contribution in [-0.2, 0) is 0 Å². The van der Waals surface area contributed by atoms with E-state index < -0.39 is 0 Å². The lowest BCUT2D eigenvalue weighted by Crippen LogP contribution is -2.14. The van der Waals surface area contributed by atoms with Gasteiger partial charge >= 0.3 is 0 Å². The molecule has 0 fully saturated rings. The summed E-state index contributed by atoms with van der Waals surface area (Å²) in [5, 5.41) is 3.77. The van der Waals surface area contributed by atoms with Crippen molar-refractivity contribution in [1.29, 1.82) is 0 Å². The van der Waals surface area contributed by atoms with E-state index in [1.54, 1.807) is 24.4 Å². The van der Waals surface area contributed by atoms with Crippen LogP contribution in [0, 0.1) is 6.92 Å². The zero-order valence-electron chi connectivity index (χ0n) is 17.4. The van der Waals surface area contributed by atoms with Crippen LogP contribution in [0.15, 0.2) is 102 Å². The normalized spacial score (nSPS) is 10.8. The van der Waals surface area contributed by atoms with Crippen molar-refractivity contribution >= 4 is 22.4 Å². The summed E-state index contributed by atoms with van der Waals surface area (Å²) in [7, 11) is 0. The summed E-state index contributed by atoms with van der Waals surface area (Å²) in [6.45, 7) is 1.88. The molecule has 32 heavy (non-hydrogen) atoms. The Hall–Kier alpha value is -4.45. The highest BCUT2D eigenvalue weighted by molar-refractivity contribution is 5.88. The van der Waals surface area contributed by atoms with Crippen LogP contribution in [-0.4, -0.2) is 14.5 Å². The average molecular weight is 420 g/mol. The third-order valence-corrected chi connectivity index (χ3v) is 4.99. The summed E-state index contributed by atoms with van der Waals surface area (Å²) in [5.41, 5.74) is 3.02. The van der Waals surface area contributed by atoms with Gasteiger partial charge in [-0.3, -0.25) is 9.36 Å². The fraction of sp³-hybridized carbons (Fsp3) is 0.0385. The average Bonchev–Trinajstić information content (AvgIpc) is 2.81. The number of aryl methyl sites for hydroxylation is 1. The molecule has 5 rings (SSSR count). The van der Waals surface area contributed by atoms with Crippen LogP contribution in [0.1, 0.15) is 5.69 Å². The Balaban J connectivity index is 1.78. The first-order valence-electron chi connectivity index (χ1n) is 10.2. The van der Waals surface area contributed by atoms with Gasteiger partial charge in [-0.25, -0.2) is 9.97 Å². The molecule has 0 amide bonds. The Morgan fingerprint density at radius 3 is 2.31 bits per heavy atom. The fourth-order valence-electron chi connectivity index (χ4n) is 3.62. The Kier molecular flexibility index (Phi) is 5.09. The highest BCUT2D eigenvalue weighted by Crippen LogP contribution is 2.31. The second-order valence-electron chi connectivity index (χ2n) is 7.29. The highest BCUT2D eigenvalue weighted by atomic mass is 16.5. The first-order valence-corrected chi connectivity index (χ1v) is 10.2. The molecular weight excluding hydrogens is 400 g/mol. The summed E-state index contributed by atoms with van der Waals surface area (Å²) in [6, 6.07) is 28.5. The molecule has 0 saturated carbocycles. The number of pyridine rings is 3. The van der Waals surface area contributed by atoms with Crippen LogP contribution in [0.2, 0.25) is 0 Å². The van der Waals surface area contributed by atoms with Crippen LogP contribution in [0.25, 0.3) is 16.6 Å². The highest BCUT2D eigenvalue weighted by Gasteiger charge is 2.18. The van der Waals surface area contributed by atoms with Gasteiger partial charge in [0.15, 0.2) is 5.43 Å². The first kappa shape index (κ1) is 19.5. The monoisotopic (exact) mass is 420 g/mol. The van der Waals surface area contributed by atoms with E-state index in [0.29, 0.717) is 22.6 Å². The lowest BCUT2D eigenvalue weighted by Gasteiger charge is -2.19. The van der Waals surface area contributed by atoms with Gasteiger partial charge in [-0.05, 0) is 43.3 Å². The Morgan fingerprint density at radius 2 is 1.59 bits per heavy atom. The van der Waals surface area contributed by atoms with Crippen LogP contribution < -0.4 is 15.5 Å². The molecular formula is C26H20N4O2. The van der Waals surface area contributed by atoms with Crippen LogP contribution in [0.3, 0.4) is 0 Å². The van der Waals surface area contributed by atoms with Gasteiger partial charge in [-0.15, -0.1) is 0 Å². The molecule has 6 heteroatoms. The molecule has 0 aliphatic heterocycles. The smallest absolute Gasteiger partial charge is 0.234 e. The van der Waals surface area contributed by atoms with Crippen molar-refractivity contribution in [3.05, 3.63) is 113 Å². The fourth-order valence-corrected chi connectivity index (χ4v) is 3.62. The second kappa shape index (κ2) is 8.35. The van der Waals surface area contributed by atoms with Crippen LogP contribution in [0.4, 0.5) is 11.5 Å². The number of aromatic nitrogens is 3. The van der Waals surface area contributed by atoms with Crippen molar-refractivity contribution in [2.75, 3.05) is 5.32 Å². The molecule has 0 aliphatic rings. The molecule has 0 unspecified atom stereocenters. The lowest BCUT2D eigenvalue weighted by atomic mass is 10.2. The van der Waals surface area contributed by atoms with Crippen molar-refractivity contribution in [3.8, 4) is 17.4 Å². The topological polar surface area (TPSA) is 69.0 Å². The number of ether oxygens (including phenoxy) is 1. The number of rotatable bonds is 5. The van der Waals surface area contributed by atoms with Gasteiger partial charge in [0.05, 0.1) is 5.52 Å². The third kappa shape index (κ3) is 3.81. The summed E-state index contributed by atoms with van der Waals surface area (Å²) in [6.07, 6.45) is 1.64. The summed E-state index contributed by atoms with van der Waals surface area (Å²) >= 11 is 0. The molecule has 3 aromatic heterocycles. The molecule has 0 radical (unpaired) electrons. The van der Waals surface area contributed by atoms with E-state index in [0.717, 1.165) is 17.1 Å². The first-order chi connectivity index (χ1) is 15.7. The number of hydrogen-bond donors (Lipinski definition) is 1. The molecule has 0 saturated heterocycles. The Morgan fingerprint density at radius 1 is 0.875 bits per heavy atom.